The molecule has 0 fully saturated rings. The molecule has 1 N–H and O–H groups in total. The number of aromatic nitrogens is 3. The number of hydrogen-bond donors (Lipinski definition) is 1. The highest BCUT2D eigenvalue weighted by Crippen LogP contribution is 2.16. The van der Waals surface area contributed by atoms with E-state index in [0.29, 0.717) is 11.3 Å². The number of rotatable bonds is 2. The van der Waals surface area contributed by atoms with E-state index in [-0.39, 0.29) is 0 Å². The predicted octanol–water partition coefficient (Wildman–Crippen LogP) is 3.35. The Morgan fingerprint density at radius 1 is 1.39 bits per heavy atom. The van der Waals surface area contributed by atoms with Gasteiger partial charge < -0.3 is 9.40 Å². The van der Waals surface area contributed by atoms with E-state index in [1.54, 1.807) is 0 Å². The molecule has 0 aliphatic heterocycles. The van der Waals surface area contributed by atoms with Crippen LogP contribution in [0.25, 0.3) is 11.2 Å². The first kappa shape index (κ1) is 11.2. The van der Waals surface area contributed by atoms with Crippen LogP contribution >= 0.6 is 12.2 Å². The predicted molar refractivity (Wildman–Crippen MR) is 72.2 cm³/mol. The Balaban J connectivity index is 2.11. The number of nitrogens with zero attached hydrogens (tertiary/aromatic N) is 2. The van der Waals surface area contributed by atoms with Crippen molar-refractivity contribution in [1.29, 1.82) is 0 Å². The zero-order valence-electron chi connectivity index (χ0n) is 10.2. The van der Waals surface area contributed by atoms with Crippen LogP contribution in [-0.2, 0) is 6.54 Å². The molecule has 3 rings (SSSR count). The molecular weight excluding hydrogens is 246 g/mol. The summed E-state index contributed by atoms with van der Waals surface area (Å²) in [7, 11) is 0. The topological polar surface area (TPSA) is 46.8 Å². The van der Waals surface area contributed by atoms with Gasteiger partial charge in [-0.2, -0.15) is 0 Å². The van der Waals surface area contributed by atoms with Crippen molar-refractivity contribution in [1.82, 2.24) is 14.5 Å². The van der Waals surface area contributed by atoms with Gasteiger partial charge in [-0.05, 0) is 49.8 Å². The van der Waals surface area contributed by atoms with Crippen molar-refractivity contribution in [3.8, 4) is 0 Å². The molecule has 0 aromatic carbocycles. The van der Waals surface area contributed by atoms with Gasteiger partial charge in [0.15, 0.2) is 10.4 Å². The van der Waals surface area contributed by atoms with Gasteiger partial charge in [-0.25, -0.2) is 4.98 Å². The Hall–Kier alpha value is -1.88. The first-order valence-electron chi connectivity index (χ1n) is 5.74. The number of imidazole rings is 1. The van der Waals surface area contributed by atoms with Gasteiger partial charge in [-0.3, -0.25) is 4.57 Å². The zero-order valence-corrected chi connectivity index (χ0v) is 11.0. The third kappa shape index (κ3) is 1.86. The maximum Gasteiger partial charge on any atom is 0.179 e. The van der Waals surface area contributed by atoms with E-state index in [1.165, 1.54) is 0 Å². The van der Waals surface area contributed by atoms with Crippen LogP contribution in [0.1, 0.15) is 17.1 Å². The van der Waals surface area contributed by atoms with Gasteiger partial charge >= 0.3 is 0 Å². The number of pyridine rings is 1. The van der Waals surface area contributed by atoms with Crippen molar-refractivity contribution < 1.29 is 4.42 Å². The minimum Gasteiger partial charge on any atom is -0.464 e. The van der Waals surface area contributed by atoms with Gasteiger partial charge in [0.25, 0.3) is 0 Å². The van der Waals surface area contributed by atoms with E-state index in [4.69, 9.17) is 16.6 Å². The van der Waals surface area contributed by atoms with E-state index in [0.717, 1.165) is 28.2 Å². The summed E-state index contributed by atoms with van der Waals surface area (Å²) >= 11 is 5.33. The molecule has 18 heavy (non-hydrogen) atoms. The van der Waals surface area contributed by atoms with Crippen molar-refractivity contribution in [2.45, 2.75) is 20.4 Å². The number of furan rings is 1. The smallest absolute Gasteiger partial charge is 0.179 e. The first-order chi connectivity index (χ1) is 8.63. The Morgan fingerprint density at radius 2 is 2.22 bits per heavy atom. The molecule has 3 aromatic heterocycles. The number of aromatic amines is 1. The number of fused-ring (bicyclic) bond motifs is 1. The van der Waals surface area contributed by atoms with Crippen LogP contribution in [0.15, 0.2) is 28.8 Å². The molecular formula is C13H13N3OS. The summed E-state index contributed by atoms with van der Waals surface area (Å²) < 4.78 is 8.19. The second-order valence-corrected chi connectivity index (χ2v) is 4.80. The third-order valence-electron chi connectivity index (χ3n) is 2.86. The number of hydrogen-bond acceptors (Lipinski definition) is 3. The van der Waals surface area contributed by atoms with Crippen LogP contribution in [0.3, 0.4) is 0 Å². The van der Waals surface area contributed by atoms with E-state index in [1.807, 2.05) is 42.8 Å². The first-order valence-corrected chi connectivity index (χ1v) is 6.15. The largest absolute Gasteiger partial charge is 0.464 e. The van der Waals surface area contributed by atoms with E-state index in [9.17, 15) is 0 Å². The maximum absolute atomic E-state index is 5.58. The van der Waals surface area contributed by atoms with Crippen molar-refractivity contribution in [2.24, 2.45) is 0 Å². The van der Waals surface area contributed by atoms with Crippen LogP contribution in [-0.4, -0.2) is 14.5 Å². The van der Waals surface area contributed by atoms with Gasteiger partial charge in [0, 0.05) is 6.20 Å². The summed E-state index contributed by atoms with van der Waals surface area (Å²) in [5, 5.41) is 0. The molecule has 0 saturated carbocycles. The standard InChI is InChI=1S/C13H13N3OS/c1-8-5-11-12(14-6-8)16(13(18)15-11)7-10-4-3-9(2)17-10/h3-6H,7H2,1-2H3,(H,15,18). The molecule has 0 amide bonds. The van der Waals surface area contributed by atoms with Gasteiger partial charge in [0.2, 0.25) is 0 Å². The second kappa shape index (κ2) is 4.10. The van der Waals surface area contributed by atoms with Gasteiger partial charge in [-0.1, -0.05) is 0 Å². The lowest BCUT2D eigenvalue weighted by Crippen LogP contribution is -1.99. The summed E-state index contributed by atoms with van der Waals surface area (Å²) in [5.41, 5.74) is 2.93. The molecule has 0 bridgehead atoms. The normalized spacial score (nSPS) is 11.2. The van der Waals surface area contributed by atoms with Crippen LogP contribution < -0.4 is 0 Å². The zero-order chi connectivity index (χ0) is 12.7. The van der Waals surface area contributed by atoms with Crippen LogP contribution in [0.4, 0.5) is 0 Å². The van der Waals surface area contributed by atoms with E-state index >= 15 is 0 Å². The van der Waals surface area contributed by atoms with Gasteiger partial charge in [0.1, 0.15) is 11.5 Å². The molecule has 0 aliphatic rings. The minimum atomic E-state index is 0.600. The molecule has 4 nitrogen and oxygen atoms in total. The highest BCUT2D eigenvalue weighted by Gasteiger charge is 2.08. The Morgan fingerprint density at radius 3 is 2.94 bits per heavy atom. The maximum atomic E-state index is 5.58. The molecule has 0 atom stereocenters. The average Bonchev–Trinajstić information content (AvgIpc) is 2.84. The SMILES string of the molecule is Cc1cnc2c(c1)[nH]c(=S)n2Cc1ccc(C)o1. The highest BCUT2D eigenvalue weighted by atomic mass is 32.1. The summed E-state index contributed by atoms with van der Waals surface area (Å²) in [4.78, 5) is 7.60. The Kier molecular flexibility index (Phi) is 2.56. The summed E-state index contributed by atoms with van der Waals surface area (Å²) in [5.74, 6) is 1.78. The quantitative estimate of drug-likeness (QED) is 0.718. The fourth-order valence-electron chi connectivity index (χ4n) is 2.02. The summed E-state index contributed by atoms with van der Waals surface area (Å²) in [6.07, 6.45) is 1.84. The summed E-state index contributed by atoms with van der Waals surface area (Å²) in [6.45, 7) is 4.54. The number of H-pyrrole nitrogens is 1. The third-order valence-corrected chi connectivity index (χ3v) is 3.18. The Labute approximate surface area is 109 Å². The van der Waals surface area contributed by atoms with E-state index in [2.05, 4.69) is 9.97 Å². The lowest BCUT2D eigenvalue weighted by Gasteiger charge is -2.01. The van der Waals surface area contributed by atoms with Crippen LogP contribution in [0.5, 0.6) is 0 Å². The monoisotopic (exact) mass is 259 g/mol. The van der Waals surface area contributed by atoms with Crippen molar-refractivity contribution in [3.05, 3.63) is 46.3 Å². The molecule has 0 unspecified atom stereocenters. The second-order valence-electron chi connectivity index (χ2n) is 4.41. The molecule has 0 radical (unpaired) electrons. The number of aryl methyl sites for hydroxylation is 2. The molecule has 3 aromatic rings. The average molecular weight is 259 g/mol. The molecule has 5 heteroatoms. The lowest BCUT2D eigenvalue weighted by molar-refractivity contribution is 0.471. The molecule has 3 heterocycles. The van der Waals surface area contributed by atoms with Gasteiger partial charge in [0.05, 0.1) is 12.1 Å². The molecule has 92 valence electrons. The van der Waals surface area contributed by atoms with Crippen molar-refractivity contribution in [2.75, 3.05) is 0 Å². The molecule has 0 aliphatic carbocycles. The van der Waals surface area contributed by atoms with E-state index < -0.39 is 0 Å². The van der Waals surface area contributed by atoms with Crippen molar-refractivity contribution >= 4 is 23.4 Å². The molecule has 0 saturated heterocycles. The minimum absolute atomic E-state index is 0.600. The van der Waals surface area contributed by atoms with Crippen LogP contribution in [0, 0.1) is 18.6 Å². The van der Waals surface area contributed by atoms with Gasteiger partial charge in [-0.15, -0.1) is 0 Å². The fraction of sp³-hybridized carbons (Fsp3) is 0.231. The van der Waals surface area contributed by atoms with Crippen LogP contribution in [0.2, 0.25) is 0 Å². The highest BCUT2D eigenvalue weighted by molar-refractivity contribution is 7.71. The molecule has 0 spiro atoms. The number of nitrogens with one attached hydrogen (secondary N) is 1. The summed E-state index contributed by atoms with van der Waals surface area (Å²) in [6, 6.07) is 5.96. The fourth-order valence-corrected chi connectivity index (χ4v) is 2.28. The lowest BCUT2D eigenvalue weighted by atomic mass is 10.3. The Bertz CT molecular complexity index is 766. The van der Waals surface area contributed by atoms with Crippen molar-refractivity contribution in [3.63, 3.8) is 0 Å².